The molecule has 150 valence electrons. The minimum atomic E-state index is -0.441. The molecule has 0 bridgehead atoms. The maximum absolute atomic E-state index is 13.4. The summed E-state index contributed by atoms with van der Waals surface area (Å²) in [4.78, 5) is 34.2. The highest BCUT2D eigenvalue weighted by molar-refractivity contribution is 5.76. The van der Waals surface area contributed by atoms with Crippen molar-refractivity contribution in [2.24, 2.45) is 0 Å². The van der Waals surface area contributed by atoms with Gasteiger partial charge in [0, 0.05) is 31.9 Å². The second-order valence-electron chi connectivity index (χ2n) is 7.18. The van der Waals surface area contributed by atoms with E-state index in [9.17, 15) is 14.0 Å². The van der Waals surface area contributed by atoms with E-state index < -0.39 is 5.69 Å². The molecule has 0 aliphatic carbocycles. The molecule has 0 N–H and O–H groups in total. The number of carbonyl (C=O) groups is 1. The van der Waals surface area contributed by atoms with E-state index in [1.165, 1.54) is 22.9 Å². The van der Waals surface area contributed by atoms with Crippen LogP contribution in [0.1, 0.15) is 36.0 Å². The molecule has 1 atom stereocenters. The molecule has 3 aromatic rings. The van der Waals surface area contributed by atoms with Crippen molar-refractivity contribution in [1.29, 1.82) is 0 Å². The molecular formula is C21H21FN4O3. The van der Waals surface area contributed by atoms with Gasteiger partial charge in [-0.3, -0.25) is 9.36 Å². The van der Waals surface area contributed by atoms with Gasteiger partial charge in [-0.05, 0) is 36.6 Å². The highest BCUT2D eigenvalue weighted by Crippen LogP contribution is 2.27. The molecule has 0 unspecified atom stereocenters. The lowest BCUT2D eigenvalue weighted by Crippen LogP contribution is -2.42. The van der Waals surface area contributed by atoms with Crippen molar-refractivity contribution in [3.8, 4) is 0 Å². The van der Waals surface area contributed by atoms with Crippen LogP contribution in [0, 0.1) is 5.82 Å². The molecule has 0 saturated carbocycles. The number of aromatic nitrogens is 3. The Balaban J connectivity index is 1.41. The van der Waals surface area contributed by atoms with E-state index in [1.54, 1.807) is 29.4 Å². The van der Waals surface area contributed by atoms with Crippen LogP contribution in [0.2, 0.25) is 0 Å². The number of rotatable bonds is 5. The van der Waals surface area contributed by atoms with Crippen molar-refractivity contribution < 1.29 is 13.6 Å². The van der Waals surface area contributed by atoms with Gasteiger partial charge >= 0.3 is 5.69 Å². The van der Waals surface area contributed by atoms with Crippen LogP contribution >= 0.6 is 0 Å². The molecule has 0 radical (unpaired) electrons. The Morgan fingerprint density at radius 2 is 2.17 bits per heavy atom. The molecular weight excluding hydrogens is 375 g/mol. The Labute approximate surface area is 166 Å². The maximum atomic E-state index is 13.4. The monoisotopic (exact) mass is 396 g/mol. The van der Waals surface area contributed by atoms with E-state index in [-0.39, 0.29) is 24.2 Å². The number of benzene rings is 1. The SMILES string of the molecule is O=C(Cn1cccnc1=O)N1CCC[C@@H](c2ncc(Cc3cccc(F)c3)o2)C1. The van der Waals surface area contributed by atoms with Gasteiger partial charge in [0.05, 0.1) is 12.1 Å². The van der Waals surface area contributed by atoms with Crippen molar-refractivity contribution in [1.82, 2.24) is 19.4 Å². The number of amides is 1. The fourth-order valence-corrected chi connectivity index (χ4v) is 3.60. The van der Waals surface area contributed by atoms with Gasteiger partial charge in [-0.15, -0.1) is 0 Å². The quantitative estimate of drug-likeness (QED) is 0.661. The van der Waals surface area contributed by atoms with Crippen LogP contribution in [0.3, 0.4) is 0 Å². The molecule has 0 spiro atoms. The van der Waals surface area contributed by atoms with Crippen LogP contribution in [-0.4, -0.2) is 38.4 Å². The minimum absolute atomic E-state index is 0.000389. The average molecular weight is 396 g/mol. The van der Waals surface area contributed by atoms with Crippen molar-refractivity contribution in [3.63, 3.8) is 0 Å². The van der Waals surface area contributed by atoms with Crippen molar-refractivity contribution in [2.75, 3.05) is 13.1 Å². The van der Waals surface area contributed by atoms with Crippen LogP contribution in [0.15, 0.2) is 58.1 Å². The van der Waals surface area contributed by atoms with E-state index in [4.69, 9.17) is 4.42 Å². The first kappa shape index (κ1) is 19.0. The fourth-order valence-electron chi connectivity index (χ4n) is 3.60. The van der Waals surface area contributed by atoms with E-state index in [0.29, 0.717) is 31.2 Å². The number of oxazole rings is 1. The molecule has 1 saturated heterocycles. The van der Waals surface area contributed by atoms with E-state index >= 15 is 0 Å². The van der Waals surface area contributed by atoms with Crippen molar-refractivity contribution in [2.45, 2.75) is 31.7 Å². The lowest BCUT2D eigenvalue weighted by molar-refractivity contribution is -0.133. The smallest absolute Gasteiger partial charge is 0.347 e. The first-order chi connectivity index (χ1) is 14.1. The van der Waals surface area contributed by atoms with E-state index in [0.717, 1.165) is 18.4 Å². The number of hydrogen-bond donors (Lipinski definition) is 0. The molecule has 29 heavy (non-hydrogen) atoms. The molecule has 2 aromatic heterocycles. The second kappa shape index (κ2) is 8.38. The topological polar surface area (TPSA) is 81.2 Å². The summed E-state index contributed by atoms with van der Waals surface area (Å²) in [5, 5.41) is 0. The Bertz CT molecular complexity index is 1060. The van der Waals surface area contributed by atoms with Gasteiger partial charge in [0.1, 0.15) is 18.1 Å². The summed E-state index contributed by atoms with van der Waals surface area (Å²) < 4.78 is 20.6. The van der Waals surface area contributed by atoms with Gasteiger partial charge in [0.15, 0.2) is 5.89 Å². The number of carbonyl (C=O) groups excluding carboxylic acids is 1. The maximum Gasteiger partial charge on any atom is 0.347 e. The molecule has 1 fully saturated rings. The molecule has 1 amide bonds. The normalized spacial score (nSPS) is 16.7. The Hall–Kier alpha value is -3.29. The third-order valence-electron chi connectivity index (χ3n) is 5.05. The first-order valence-electron chi connectivity index (χ1n) is 9.57. The number of nitrogens with zero attached hydrogens (tertiary/aromatic N) is 4. The number of halogens is 1. The molecule has 8 heteroatoms. The first-order valence-corrected chi connectivity index (χ1v) is 9.57. The summed E-state index contributed by atoms with van der Waals surface area (Å²) in [6.07, 6.45) is 6.79. The molecule has 4 rings (SSSR count). The van der Waals surface area contributed by atoms with Crippen LogP contribution < -0.4 is 5.69 Å². The largest absolute Gasteiger partial charge is 0.445 e. The minimum Gasteiger partial charge on any atom is -0.445 e. The Morgan fingerprint density at radius 1 is 1.28 bits per heavy atom. The molecule has 1 aromatic carbocycles. The summed E-state index contributed by atoms with van der Waals surface area (Å²) in [6, 6.07) is 8.01. The fraction of sp³-hybridized carbons (Fsp3) is 0.333. The third kappa shape index (κ3) is 4.59. The summed E-state index contributed by atoms with van der Waals surface area (Å²) in [6.45, 7) is 1.10. The van der Waals surface area contributed by atoms with Gasteiger partial charge in [-0.1, -0.05) is 12.1 Å². The predicted molar refractivity (Wildman–Crippen MR) is 103 cm³/mol. The van der Waals surface area contributed by atoms with Crippen molar-refractivity contribution in [3.05, 3.63) is 82.4 Å². The van der Waals surface area contributed by atoms with Gasteiger partial charge in [0.25, 0.3) is 0 Å². The lowest BCUT2D eigenvalue weighted by Gasteiger charge is -2.31. The Morgan fingerprint density at radius 3 is 3.00 bits per heavy atom. The number of hydrogen-bond acceptors (Lipinski definition) is 5. The molecule has 1 aliphatic rings. The van der Waals surface area contributed by atoms with Gasteiger partial charge in [-0.25, -0.2) is 19.2 Å². The van der Waals surface area contributed by atoms with Crippen LogP contribution in [0.4, 0.5) is 4.39 Å². The van der Waals surface area contributed by atoms with Crippen molar-refractivity contribution >= 4 is 5.91 Å². The zero-order valence-corrected chi connectivity index (χ0v) is 15.8. The lowest BCUT2D eigenvalue weighted by atomic mass is 9.98. The third-order valence-corrected chi connectivity index (χ3v) is 5.05. The van der Waals surface area contributed by atoms with Gasteiger partial charge in [-0.2, -0.15) is 0 Å². The average Bonchev–Trinajstić information content (AvgIpc) is 3.18. The molecule has 7 nitrogen and oxygen atoms in total. The van der Waals surface area contributed by atoms with Gasteiger partial charge < -0.3 is 9.32 Å². The number of piperidine rings is 1. The summed E-state index contributed by atoms with van der Waals surface area (Å²) in [5.74, 6) is 0.843. The second-order valence-corrected chi connectivity index (χ2v) is 7.18. The predicted octanol–water partition coefficient (Wildman–Crippen LogP) is 2.37. The Kier molecular flexibility index (Phi) is 5.50. The number of likely N-dealkylation sites (tertiary alicyclic amines) is 1. The van der Waals surface area contributed by atoms with Gasteiger partial charge in [0.2, 0.25) is 5.91 Å². The van der Waals surface area contributed by atoms with E-state index in [1.807, 2.05) is 6.07 Å². The molecule has 3 heterocycles. The summed E-state index contributed by atoms with van der Waals surface area (Å²) >= 11 is 0. The zero-order chi connectivity index (χ0) is 20.2. The highest BCUT2D eigenvalue weighted by Gasteiger charge is 2.28. The van der Waals surface area contributed by atoms with Crippen LogP contribution in [-0.2, 0) is 17.8 Å². The zero-order valence-electron chi connectivity index (χ0n) is 15.8. The molecule has 1 aliphatic heterocycles. The summed E-state index contributed by atoms with van der Waals surface area (Å²) in [5.41, 5.74) is 0.374. The van der Waals surface area contributed by atoms with Crippen LogP contribution in [0.5, 0.6) is 0 Å². The standard InChI is InChI=1S/C21H21FN4O3/c22-17-6-1-4-15(10-17)11-18-12-24-20(29-18)16-5-2-8-25(13-16)19(27)14-26-9-3-7-23-21(26)28/h1,3-4,6-7,9-10,12,16H,2,5,8,11,13-14H2/t16-/m1/s1. The highest BCUT2D eigenvalue weighted by atomic mass is 19.1. The van der Waals surface area contributed by atoms with Crippen LogP contribution in [0.25, 0.3) is 0 Å². The summed E-state index contributed by atoms with van der Waals surface area (Å²) in [7, 11) is 0. The van der Waals surface area contributed by atoms with E-state index in [2.05, 4.69) is 9.97 Å².